The molecule has 0 aliphatic heterocycles. The van der Waals surface area contributed by atoms with E-state index in [4.69, 9.17) is 4.74 Å². The van der Waals surface area contributed by atoms with Crippen LogP contribution < -0.4 is 4.74 Å². The average molecular weight is 386 g/mol. The Balaban J connectivity index is 2.17. The van der Waals surface area contributed by atoms with Crippen molar-refractivity contribution in [3.63, 3.8) is 0 Å². The van der Waals surface area contributed by atoms with E-state index in [1.807, 2.05) is 31.2 Å². The third kappa shape index (κ3) is 3.74. The van der Waals surface area contributed by atoms with E-state index < -0.39 is 0 Å². The monoisotopic (exact) mass is 384 g/mol. The van der Waals surface area contributed by atoms with Gasteiger partial charge >= 0.3 is 0 Å². The molecular formula is C15H14Br2O2. The van der Waals surface area contributed by atoms with E-state index in [0.717, 1.165) is 32.2 Å². The van der Waals surface area contributed by atoms with Crippen LogP contribution in [0.3, 0.4) is 0 Å². The summed E-state index contributed by atoms with van der Waals surface area (Å²) < 4.78 is 6.96. The van der Waals surface area contributed by atoms with E-state index in [2.05, 4.69) is 31.9 Å². The van der Waals surface area contributed by atoms with Crippen molar-refractivity contribution in [2.45, 2.75) is 18.9 Å². The number of rotatable bonds is 4. The van der Waals surface area contributed by atoms with Crippen molar-refractivity contribution in [3.8, 4) is 11.5 Å². The lowest BCUT2D eigenvalue weighted by Gasteiger charge is -2.14. The molecule has 0 atom stereocenters. The van der Waals surface area contributed by atoms with Gasteiger partial charge in [0.25, 0.3) is 0 Å². The number of aryl methyl sites for hydroxylation is 1. The molecule has 0 radical (unpaired) electrons. The summed E-state index contributed by atoms with van der Waals surface area (Å²) >= 11 is 6.97. The first-order valence-corrected chi connectivity index (χ1v) is 7.77. The van der Waals surface area contributed by atoms with E-state index >= 15 is 0 Å². The summed E-state index contributed by atoms with van der Waals surface area (Å²) in [6.07, 6.45) is 0. The van der Waals surface area contributed by atoms with E-state index in [-0.39, 0.29) is 5.75 Å². The Hall–Kier alpha value is -1.00. The van der Waals surface area contributed by atoms with Crippen molar-refractivity contribution in [1.29, 1.82) is 0 Å². The first-order valence-electron chi connectivity index (χ1n) is 5.86. The molecule has 2 nitrogen and oxygen atoms in total. The number of benzene rings is 2. The Morgan fingerprint density at radius 2 is 1.84 bits per heavy atom. The topological polar surface area (TPSA) is 29.5 Å². The fourth-order valence-corrected chi connectivity index (χ4v) is 2.89. The summed E-state index contributed by atoms with van der Waals surface area (Å²) in [6.45, 7) is 2.52. The van der Waals surface area contributed by atoms with Crippen LogP contribution in [0.15, 0.2) is 40.9 Å². The Labute approximate surface area is 129 Å². The van der Waals surface area contributed by atoms with Crippen LogP contribution in [0.1, 0.15) is 16.7 Å². The highest BCUT2D eigenvalue weighted by molar-refractivity contribution is 9.10. The summed E-state index contributed by atoms with van der Waals surface area (Å²) in [5.74, 6) is 1.18. The SMILES string of the molecule is Cc1cc(Br)cc(CBr)c1OCc1ccc(O)cc1. The van der Waals surface area contributed by atoms with Crippen LogP contribution in [0.4, 0.5) is 0 Å². The Bertz CT molecular complexity index is 565. The number of alkyl halides is 1. The predicted octanol–water partition coefficient (Wildman–Crippen LogP) is 4.94. The Morgan fingerprint density at radius 3 is 2.47 bits per heavy atom. The molecule has 0 aliphatic rings. The zero-order valence-corrected chi connectivity index (χ0v) is 13.7. The molecule has 4 heteroatoms. The molecule has 0 bridgehead atoms. The maximum atomic E-state index is 9.25. The normalized spacial score (nSPS) is 10.5. The van der Waals surface area contributed by atoms with Gasteiger partial charge in [0, 0.05) is 15.4 Å². The highest BCUT2D eigenvalue weighted by Crippen LogP contribution is 2.30. The van der Waals surface area contributed by atoms with E-state index in [1.54, 1.807) is 12.1 Å². The van der Waals surface area contributed by atoms with Crippen molar-refractivity contribution in [1.82, 2.24) is 0 Å². The van der Waals surface area contributed by atoms with E-state index in [1.165, 1.54) is 0 Å². The second-order valence-corrected chi connectivity index (χ2v) is 5.78. The maximum absolute atomic E-state index is 9.25. The third-order valence-corrected chi connectivity index (χ3v) is 3.84. The van der Waals surface area contributed by atoms with Crippen molar-refractivity contribution in [2.24, 2.45) is 0 Å². The fraction of sp³-hybridized carbons (Fsp3) is 0.200. The van der Waals surface area contributed by atoms with Gasteiger partial charge in [-0.25, -0.2) is 0 Å². The van der Waals surface area contributed by atoms with Crippen LogP contribution in [-0.2, 0) is 11.9 Å². The Kier molecular flexibility index (Phi) is 4.88. The zero-order chi connectivity index (χ0) is 13.8. The van der Waals surface area contributed by atoms with Gasteiger partial charge in [-0.15, -0.1) is 0 Å². The van der Waals surface area contributed by atoms with Gasteiger partial charge in [-0.1, -0.05) is 44.0 Å². The number of aromatic hydroxyl groups is 1. The molecule has 0 amide bonds. The lowest BCUT2D eigenvalue weighted by atomic mass is 10.1. The summed E-state index contributed by atoms with van der Waals surface area (Å²) in [4.78, 5) is 0. The molecule has 0 aromatic heterocycles. The molecular weight excluding hydrogens is 372 g/mol. The molecule has 2 aromatic carbocycles. The average Bonchev–Trinajstić information content (AvgIpc) is 2.39. The Morgan fingerprint density at radius 1 is 1.16 bits per heavy atom. The molecule has 0 aliphatic carbocycles. The number of phenolic OH excluding ortho intramolecular Hbond substituents is 1. The highest BCUT2D eigenvalue weighted by Gasteiger charge is 2.08. The first-order chi connectivity index (χ1) is 9.10. The van der Waals surface area contributed by atoms with Crippen molar-refractivity contribution < 1.29 is 9.84 Å². The molecule has 0 fully saturated rings. The lowest BCUT2D eigenvalue weighted by molar-refractivity contribution is 0.301. The van der Waals surface area contributed by atoms with Gasteiger partial charge in [0.1, 0.15) is 18.1 Å². The molecule has 1 N–H and O–H groups in total. The minimum Gasteiger partial charge on any atom is -0.508 e. The van der Waals surface area contributed by atoms with Gasteiger partial charge in [0.05, 0.1) is 0 Å². The standard InChI is InChI=1S/C15H14Br2O2/c1-10-6-13(17)7-12(8-16)15(10)19-9-11-2-4-14(18)5-3-11/h2-7,18H,8-9H2,1H3. The summed E-state index contributed by atoms with van der Waals surface area (Å²) in [6, 6.07) is 11.1. The molecule has 0 saturated heterocycles. The van der Waals surface area contributed by atoms with Crippen LogP contribution in [0.2, 0.25) is 0 Å². The number of ether oxygens (including phenoxy) is 1. The largest absolute Gasteiger partial charge is 0.508 e. The second-order valence-electron chi connectivity index (χ2n) is 4.30. The van der Waals surface area contributed by atoms with Crippen LogP contribution in [-0.4, -0.2) is 5.11 Å². The van der Waals surface area contributed by atoms with Gasteiger partial charge in [-0.05, 0) is 42.3 Å². The summed E-state index contributed by atoms with van der Waals surface area (Å²) in [5.41, 5.74) is 3.24. The van der Waals surface area contributed by atoms with E-state index in [0.29, 0.717) is 6.61 Å². The van der Waals surface area contributed by atoms with Crippen molar-refractivity contribution >= 4 is 31.9 Å². The molecule has 2 aromatic rings. The van der Waals surface area contributed by atoms with Crippen molar-refractivity contribution in [2.75, 3.05) is 0 Å². The molecule has 19 heavy (non-hydrogen) atoms. The third-order valence-electron chi connectivity index (χ3n) is 2.78. The predicted molar refractivity (Wildman–Crippen MR) is 83.9 cm³/mol. The van der Waals surface area contributed by atoms with Crippen LogP contribution in [0.25, 0.3) is 0 Å². The molecule has 2 rings (SSSR count). The maximum Gasteiger partial charge on any atom is 0.126 e. The van der Waals surface area contributed by atoms with Crippen LogP contribution in [0.5, 0.6) is 11.5 Å². The number of phenols is 1. The molecule has 0 unspecified atom stereocenters. The van der Waals surface area contributed by atoms with Gasteiger partial charge in [-0.3, -0.25) is 0 Å². The van der Waals surface area contributed by atoms with Gasteiger partial charge in [0.15, 0.2) is 0 Å². The van der Waals surface area contributed by atoms with Crippen LogP contribution in [0, 0.1) is 6.92 Å². The first kappa shape index (κ1) is 14.4. The number of halogens is 2. The van der Waals surface area contributed by atoms with Gasteiger partial charge in [0.2, 0.25) is 0 Å². The quantitative estimate of drug-likeness (QED) is 0.755. The zero-order valence-electron chi connectivity index (χ0n) is 10.5. The lowest BCUT2D eigenvalue weighted by Crippen LogP contribution is -2.00. The van der Waals surface area contributed by atoms with Gasteiger partial charge in [-0.2, -0.15) is 0 Å². The van der Waals surface area contributed by atoms with Crippen LogP contribution >= 0.6 is 31.9 Å². The second kappa shape index (κ2) is 6.44. The van der Waals surface area contributed by atoms with E-state index in [9.17, 15) is 5.11 Å². The minimum atomic E-state index is 0.268. The summed E-state index contributed by atoms with van der Waals surface area (Å²) in [5, 5.41) is 9.99. The minimum absolute atomic E-state index is 0.268. The summed E-state index contributed by atoms with van der Waals surface area (Å²) in [7, 11) is 0. The molecule has 0 saturated carbocycles. The smallest absolute Gasteiger partial charge is 0.126 e. The van der Waals surface area contributed by atoms with Crippen molar-refractivity contribution in [3.05, 3.63) is 57.6 Å². The molecule has 0 spiro atoms. The highest BCUT2D eigenvalue weighted by atomic mass is 79.9. The molecule has 100 valence electrons. The number of hydrogen-bond donors (Lipinski definition) is 1. The van der Waals surface area contributed by atoms with Gasteiger partial charge < -0.3 is 9.84 Å². The molecule has 0 heterocycles. The fourth-order valence-electron chi connectivity index (χ4n) is 1.85. The number of hydrogen-bond acceptors (Lipinski definition) is 2.